The molecule has 5 heteroatoms. The average Bonchev–Trinajstić information content (AvgIpc) is 2.75. The second-order valence-electron chi connectivity index (χ2n) is 3.97. The fourth-order valence-electron chi connectivity index (χ4n) is 1.52. The summed E-state index contributed by atoms with van der Waals surface area (Å²) in [6, 6.07) is 0. The van der Waals surface area contributed by atoms with E-state index >= 15 is 0 Å². The number of nitrogens with one attached hydrogen (secondary N) is 1. The minimum absolute atomic E-state index is 0.124. The second kappa shape index (κ2) is 7.87. The predicted octanol–water partition coefficient (Wildman–Crippen LogP) is 1.32. The maximum absolute atomic E-state index is 11.1. The Morgan fingerprint density at radius 3 is 3.12 bits per heavy atom. The highest BCUT2D eigenvalue weighted by molar-refractivity contribution is 6.30. The molecule has 0 spiro atoms. The van der Waals surface area contributed by atoms with Gasteiger partial charge in [-0.05, 0) is 26.2 Å². The van der Waals surface area contributed by atoms with Crippen molar-refractivity contribution in [3.8, 4) is 0 Å². The van der Waals surface area contributed by atoms with Crippen LogP contribution in [-0.4, -0.2) is 43.8 Å². The summed E-state index contributed by atoms with van der Waals surface area (Å²) >= 11 is 5.59. The van der Waals surface area contributed by atoms with E-state index in [9.17, 15) is 4.79 Å². The lowest BCUT2D eigenvalue weighted by atomic mass is 10.2. The van der Waals surface area contributed by atoms with Gasteiger partial charge in [0.2, 0.25) is 5.91 Å². The summed E-state index contributed by atoms with van der Waals surface area (Å²) < 4.78 is 10.9. The van der Waals surface area contributed by atoms with E-state index in [2.05, 4.69) is 5.32 Å². The molecule has 0 saturated carbocycles. The highest BCUT2D eigenvalue weighted by atomic mass is 35.5. The van der Waals surface area contributed by atoms with E-state index in [0.717, 1.165) is 25.9 Å². The number of amides is 1. The van der Waals surface area contributed by atoms with Crippen molar-refractivity contribution in [3.05, 3.63) is 0 Å². The van der Waals surface area contributed by atoms with Gasteiger partial charge in [-0.2, -0.15) is 0 Å². The summed E-state index contributed by atoms with van der Waals surface area (Å²) in [5.41, 5.74) is 0. The van der Waals surface area contributed by atoms with Crippen molar-refractivity contribution in [3.63, 3.8) is 0 Å². The summed E-state index contributed by atoms with van der Waals surface area (Å²) in [7, 11) is 0. The molecular formula is C11H20ClNO3. The average molecular weight is 250 g/mol. The molecule has 94 valence electrons. The second-order valence-corrected chi connectivity index (χ2v) is 4.63. The van der Waals surface area contributed by atoms with E-state index in [1.807, 2.05) is 0 Å². The highest BCUT2D eigenvalue weighted by Crippen LogP contribution is 2.11. The third kappa shape index (κ3) is 5.68. The smallest absolute Gasteiger partial charge is 0.237 e. The molecule has 2 unspecified atom stereocenters. The number of hydrogen-bond donors (Lipinski definition) is 1. The minimum Gasteiger partial charge on any atom is -0.379 e. The van der Waals surface area contributed by atoms with Crippen LogP contribution in [0.4, 0.5) is 0 Å². The number of alkyl halides is 1. The lowest BCUT2D eigenvalue weighted by Gasteiger charge is -2.10. The first-order valence-electron chi connectivity index (χ1n) is 5.81. The topological polar surface area (TPSA) is 47.6 Å². The molecule has 1 amide bonds. The van der Waals surface area contributed by atoms with Crippen LogP contribution in [0.25, 0.3) is 0 Å². The first kappa shape index (κ1) is 13.7. The molecule has 1 N–H and O–H groups in total. The van der Waals surface area contributed by atoms with Crippen molar-refractivity contribution >= 4 is 17.5 Å². The third-order valence-corrected chi connectivity index (χ3v) is 2.65. The number of hydrogen-bond acceptors (Lipinski definition) is 3. The Kier molecular flexibility index (Phi) is 6.76. The fraction of sp³-hybridized carbons (Fsp3) is 0.909. The Labute approximate surface area is 102 Å². The summed E-state index contributed by atoms with van der Waals surface area (Å²) in [5.74, 6) is -0.124. The zero-order valence-electron chi connectivity index (χ0n) is 9.71. The molecule has 1 saturated heterocycles. The number of halogens is 1. The molecule has 0 bridgehead atoms. The quantitative estimate of drug-likeness (QED) is 0.547. The number of ether oxygens (including phenoxy) is 2. The molecule has 0 aromatic rings. The highest BCUT2D eigenvalue weighted by Gasteiger charge is 2.14. The zero-order chi connectivity index (χ0) is 11.8. The van der Waals surface area contributed by atoms with Crippen molar-refractivity contribution in [1.29, 1.82) is 0 Å². The Morgan fingerprint density at radius 1 is 1.69 bits per heavy atom. The van der Waals surface area contributed by atoms with Crippen LogP contribution < -0.4 is 5.32 Å². The molecule has 16 heavy (non-hydrogen) atoms. The zero-order valence-corrected chi connectivity index (χ0v) is 10.5. The van der Waals surface area contributed by atoms with Crippen molar-refractivity contribution in [2.75, 3.05) is 26.4 Å². The van der Waals surface area contributed by atoms with Gasteiger partial charge in [-0.3, -0.25) is 4.79 Å². The van der Waals surface area contributed by atoms with Gasteiger partial charge >= 0.3 is 0 Å². The maximum Gasteiger partial charge on any atom is 0.237 e. The van der Waals surface area contributed by atoms with Crippen LogP contribution in [-0.2, 0) is 14.3 Å². The standard InChI is InChI=1S/C11H20ClNO3/c1-9(12)11(14)13-5-3-6-15-8-10-4-2-7-16-10/h9-10H,2-8H2,1H3,(H,13,14). The van der Waals surface area contributed by atoms with Crippen LogP contribution in [0.5, 0.6) is 0 Å². The summed E-state index contributed by atoms with van der Waals surface area (Å²) in [4.78, 5) is 11.1. The molecule has 0 aromatic heterocycles. The first-order valence-corrected chi connectivity index (χ1v) is 6.25. The molecule has 0 aliphatic carbocycles. The van der Waals surface area contributed by atoms with E-state index < -0.39 is 5.38 Å². The Bertz CT molecular complexity index is 205. The summed E-state index contributed by atoms with van der Waals surface area (Å²) in [6.07, 6.45) is 3.32. The molecule has 0 radical (unpaired) electrons. The van der Waals surface area contributed by atoms with Crippen LogP contribution >= 0.6 is 11.6 Å². The summed E-state index contributed by atoms with van der Waals surface area (Å²) in [6.45, 7) is 4.45. The van der Waals surface area contributed by atoms with Gasteiger partial charge in [0.05, 0.1) is 12.7 Å². The van der Waals surface area contributed by atoms with E-state index in [4.69, 9.17) is 21.1 Å². The number of carbonyl (C=O) groups is 1. The number of carbonyl (C=O) groups excluding carboxylic acids is 1. The molecule has 0 aromatic carbocycles. The lowest BCUT2D eigenvalue weighted by Crippen LogP contribution is -2.31. The molecule has 1 aliphatic rings. The predicted molar refractivity (Wildman–Crippen MR) is 62.7 cm³/mol. The molecule has 1 aliphatic heterocycles. The van der Waals surface area contributed by atoms with E-state index in [1.54, 1.807) is 6.92 Å². The van der Waals surface area contributed by atoms with Gasteiger partial charge < -0.3 is 14.8 Å². The van der Waals surface area contributed by atoms with Crippen molar-refractivity contribution in [2.24, 2.45) is 0 Å². The van der Waals surface area contributed by atoms with Crippen LogP contribution in [0, 0.1) is 0 Å². The monoisotopic (exact) mass is 249 g/mol. The van der Waals surface area contributed by atoms with Crippen LogP contribution in [0.15, 0.2) is 0 Å². The molecule has 4 nitrogen and oxygen atoms in total. The largest absolute Gasteiger partial charge is 0.379 e. The molecule has 1 heterocycles. The minimum atomic E-state index is -0.465. The molecule has 2 atom stereocenters. The van der Waals surface area contributed by atoms with Gasteiger partial charge in [0.15, 0.2) is 0 Å². The normalized spacial score (nSPS) is 22.0. The van der Waals surface area contributed by atoms with Crippen molar-refractivity contribution in [1.82, 2.24) is 5.32 Å². The van der Waals surface area contributed by atoms with Gasteiger partial charge in [-0.25, -0.2) is 0 Å². The Hall–Kier alpha value is -0.320. The molecular weight excluding hydrogens is 230 g/mol. The van der Waals surface area contributed by atoms with Crippen molar-refractivity contribution < 1.29 is 14.3 Å². The fourth-order valence-corrected chi connectivity index (χ4v) is 1.59. The van der Waals surface area contributed by atoms with E-state index in [1.165, 1.54) is 0 Å². The molecule has 1 rings (SSSR count). The van der Waals surface area contributed by atoms with Gasteiger partial charge in [0.25, 0.3) is 0 Å². The van der Waals surface area contributed by atoms with Gasteiger partial charge in [-0.15, -0.1) is 11.6 Å². The van der Waals surface area contributed by atoms with Gasteiger partial charge in [-0.1, -0.05) is 0 Å². The van der Waals surface area contributed by atoms with Crippen LogP contribution in [0.3, 0.4) is 0 Å². The summed E-state index contributed by atoms with van der Waals surface area (Å²) in [5, 5.41) is 2.26. The first-order chi connectivity index (χ1) is 7.70. The third-order valence-electron chi connectivity index (χ3n) is 2.45. The lowest BCUT2D eigenvalue weighted by molar-refractivity contribution is -0.120. The van der Waals surface area contributed by atoms with Gasteiger partial charge in [0, 0.05) is 19.8 Å². The Balaban J connectivity index is 1.86. The van der Waals surface area contributed by atoms with Crippen molar-refractivity contribution in [2.45, 2.75) is 37.7 Å². The van der Waals surface area contributed by atoms with E-state index in [-0.39, 0.29) is 12.0 Å². The SMILES string of the molecule is CC(Cl)C(=O)NCCCOCC1CCCO1. The maximum atomic E-state index is 11.1. The Morgan fingerprint density at radius 2 is 2.50 bits per heavy atom. The van der Waals surface area contributed by atoms with Crippen LogP contribution in [0.2, 0.25) is 0 Å². The van der Waals surface area contributed by atoms with Crippen LogP contribution in [0.1, 0.15) is 26.2 Å². The number of rotatable bonds is 7. The van der Waals surface area contributed by atoms with Gasteiger partial charge in [0.1, 0.15) is 5.38 Å². The van der Waals surface area contributed by atoms with E-state index in [0.29, 0.717) is 19.8 Å². The molecule has 1 fully saturated rings.